The number of nitrogen functional groups attached to an aromatic ring is 1. The zero-order chi connectivity index (χ0) is 15.0. The first-order chi connectivity index (χ1) is 10.1. The van der Waals surface area contributed by atoms with Gasteiger partial charge in [-0.3, -0.25) is 0 Å². The summed E-state index contributed by atoms with van der Waals surface area (Å²) in [6.45, 7) is 0. The van der Waals surface area contributed by atoms with Crippen molar-refractivity contribution in [1.82, 2.24) is 5.16 Å². The van der Waals surface area contributed by atoms with Crippen LogP contribution in [0.15, 0.2) is 51.5 Å². The quantitative estimate of drug-likeness (QED) is 0.682. The fourth-order valence-corrected chi connectivity index (χ4v) is 2.75. The molecule has 1 heterocycles. The molecule has 0 saturated heterocycles. The average Bonchev–Trinajstić information content (AvgIpc) is 2.80. The summed E-state index contributed by atoms with van der Waals surface area (Å²) in [7, 11) is 0. The molecule has 3 aromatic rings. The third-order valence-electron chi connectivity index (χ3n) is 3.02. The van der Waals surface area contributed by atoms with Crippen LogP contribution in [0.5, 0.6) is 0 Å². The molecule has 2 aromatic carbocycles. The topological polar surface area (TPSA) is 52.0 Å². The highest BCUT2D eigenvalue weighted by Crippen LogP contribution is 2.39. The molecule has 1 aromatic heterocycles. The van der Waals surface area contributed by atoms with Crippen molar-refractivity contribution in [2.24, 2.45) is 0 Å². The van der Waals surface area contributed by atoms with Crippen LogP contribution in [-0.4, -0.2) is 5.16 Å². The standard InChI is InChI=1S/C15H9BrClFN2O/c16-9-3-1-2-8(6-9)13-14(20-21-15(13)19)11-5-4-10(18)7-12(11)17/h1-7H,19H2. The second-order valence-corrected chi connectivity index (χ2v) is 5.73. The highest BCUT2D eigenvalue weighted by molar-refractivity contribution is 9.10. The lowest BCUT2D eigenvalue weighted by atomic mass is 10.0. The van der Waals surface area contributed by atoms with Gasteiger partial charge in [0.1, 0.15) is 11.5 Å². The Hall–Kier alpha value is -1.85. The molecule has 0 bridgehead atoms. The van der Waals surface area contributed by atoms with Crippen LogP contribution >= 0.6 is 27.5 Å². The van der Waals surface area contributed by atoms with Gasteiger partial charge in [0.2, 0.25) is 5.88 Å². The molecular formula is C15H9BrClFN2O. The third-order valence-corrected chi connectivity index (χ3v) is 3.82. The van der Waals surface area contributed by atoms with E-state index in [-0.39, 0.29) is 10.9 Å². The predicted molar refractivity (Wildman–Crippen MR) is 84.5 cm³/mol. The van der Waals surface area contributed by atoms with Crippen molar-refractivity contribution in [1.29, 1.82) is 0 Å². The largest absolute Gasteiger partial charge is 0.367 e. The van der Waals surface area contributed by atoms with Crippen molar-refractivity contribution in [2.75, 3.05) is 5.73 Å². The van der Waals surface area contributed by atoms with Gasteiger partial charge in [0.05, 0.1) is 10.6 Å². The van der Waals surface area contributed by atoms with Crippen molar-refractivity contribution in [3.63, 3.8) is 0 Å². The summed E-state index contributed by atoms with van der Waals surface area (Å²) in [6, 6.07) is 11.7. The molecule has 0 radical (unpaired) electrons. The number of aromatic nitrogens is 1. The summed E-state index contributed by atoms with van der Waals surface area (Å²) in [6.07, 6.45) is 0. The SMILES string of the molecule is Nc1onc(-c2ccc(F)cc2Cl)c1-c1cccc(Br)c1. The number of halogens is 3. The molecule has 0 saturated carbocycles. The molecule has 0 amide bonds. The maximum Gasteiger partial charge on any atom is 0.230 e. The minimum Gasteiger partial charge on any atom is -0.367 e. The maximum atomic E-state index is 13.2. The third kappa shape index (κ3) is 2.66. The van der Waals surface area contributed by atoms with E-state index in [2.05, 4.69) is 21.1 Å². The molecule has 6 heteroatoms. The van der Waals surface area contributed by atoms with Gasteiger partial charge in [-0.05, 0) is 35.9 Å². The van der Waals surface area contributed by atoms with Gasteiger partial charge in [-0.25, -0.2) is 4.39 Å². The zero-order valence-corrected chi connectivity index (χ0v) is 13.0. The molecule has 0 unspecified atom stereocenters. The normalized spacial score (nSPS) is 10.8. The lowest BCUT2D eigenvalue weighted by molar-refractivity contribution is 0.439. The molecule has 0 aliphatic carbocycles. The average molecular weight is 368 g/mol. The first-order valence-corrected chi connectivity index (χ1v) is 7.20. The number of rotatable bonds is 2. The smallest absolute Gasteiger partial charge is 0.230 e. The summed E-state index contributed by atoms with van der Waals surface area (Å²) in [5.74, 6) is -0.229. The van der Waals surface area contributed by atoms with E-state index in [9.17, 15) is 4.39 Å². The maximum absolute atomic E-state index is 13.2. The highest BCUT2D eigenvalue weighted by Gasteiger charge is 2.19. The molecule has 3 nitrogen and oxygen atoms in total. The van der Waals surface area contributed by atoms with Gasteiger partial charge >= 0.3 is 0 Å². The van der Waals surface area contributed by atoms with Gasteiger partial charge in [0, 0.05) is 10.0 Å². The van der Waals surface area contributed by atoms with E-state index >= 15 is 0 Å². The lowest BCUT2D eigenvalue weighted by Crippen LogP contribution is -1.89. The van der Waals surface area contributed by atoms with Crippen LogP contribution < -0.4 is 5.73 Å². The van der Waals surface area contributed by atoms with Crippen LogP contribution in [0.3, 0.4) is 0 Å². The minimum absolute atomic E-state index is 0.184. The van der Waals surface area contributed by atoms with E-state index in [0.29, 0.717) is 16.8 Å². The molecular weight excluding hydrogens is 359 g/mol. The van der Waals surface area contributed by atoms with Crippen molar-refractivity contribution in [3.05, 3.63) is 57.8 Å². The first-order valence-electron chi connectivity index (χ1n) is 6.03. The number of nitrogens with two attached hydrogens (primary N) is 1. The molecule has 0 aliphatic rings. The van der Waals surface area contributed by atoms with Crippen LogP contribution in [0.25, 0.3) is 22.4 Å². The van der Waals surface area contributed by atoms with Crippen molar-refractivity contribution >= 4 is 33.4 Å². The first kappa shape index (κ1) is 14.1. The van der Waals surface area contributed by atoms with Gasteiger partial charge in [0.25, 0.3) is 0 Å². The number of benzene rings is 2. The predicted octanol–water partition coefficient (Wildman–Crippen LogP) is 5.15. The van der Waals surface area contributed by atoms with Crippen LogP contribution in [0, 0.1) is 5.82 Å². The van der Waals surface area contributed by atoms with E-state index < -0.39 is 5.82 Å². The van der Waals surface area contributed by atoms with E-state index in [1.165, 1.54) is 12.1 Å². The van der Waals surface area contributed by atoms with Crippen molar-refractivity contribution in [2.45, 2.75) is 0 Å². The molecule has 0 spiro atoms. The molecule has 3 rings (SSSR count). The molecule has 0 atom stereocenters. The lowest BCUT2D eigenvalue weighted by Gasteiger charge is -2.05. The summed E-state index contributed by atoms with van der Waals surface area (Å²) >= 11 is 9.50. The molecule has 0 aliphatic heterocycles. The van der Waals surface area contributed by atoms with Crippen LogP contribution in [-0.2, 0) is 0 Å². The number of hydrogen-bond acceptors (Lipinski definition) is 3. The van der Waals surface area contributed by atoms with E-state index in [1.54, 1.807) is 6.07 Å². The Labute approximate surface area is 133 Å². The fraction of sp³-hybridized carbons (Fsp3) is 0. The molecule has 0 fully saturated rings. The highest BCUT2D eigenvalue weighted by atomic mass is 79.9. The molecule has 106 valence electrons. The number of anilines is 1. The van der Waals surface area contributed by atoms with E-state index in [0.717, 1.165) is 10.0 Å². The Morgan fingerprint density at radius 3 is 2.71 bits per heavy atom. The van der Waals surface area contributed by atoms with E-state index in [1.807, 2.05) is 24.3 Å². The summed E-state index contributed by atoms with van der Waals surface area (Å²) < 4.78 is 19.2. The number of hydrogen-bond donors (Lipinski definition) is 1. The minimum atomic E-state index is -0.413. The summed E-state index contributed by atoms with van der Waals surface area (Å²) in [5, 5.41) is 4.21. The van der Waals surface area contributed by atoms with Gasteiger partial charge < -0.3 is 10.3 Å². The Kier molecular flexibility index (Phi) is 3.69. The Balaban J connectivity index is 2.22. The summed E-state index contributed by atoms with van der Waals surface area (Å²) in [4.78, 5) is 0. The second kappa shape index (κ2) is 5.50. The van der Waals surface area contributed by atoms with Crippen LogP contribution in [0.4, 0.5) is 10.3 Å². The van der Waals surface area contributed by atoms with E-state index in [4.69, 9.17) is 21.9 Å². The number of nitrogens with zero attached hydrogens (tertiary/aromatic N) is 1. The monoisotopic (exact) mass is 366 g/mol. The van der Waals surface area contributed by atoms with Gasteiger partial charge in [0.15, 0.2) is 0 Å². The molecule has 2 N–H and O–H groups in total. The van der Waals surface area contributed by atoms with Crippen LogP contribution in [0.1, 0.15) is 0 Å². The molecule has 21 heavy (non-hydrogen) atoms. The zero-order valence-electron chi connectivity index (χ0n) is 10.6. The fourth-order valence-electron chi connectivity index (χ4n) is 2.09. The summed E-state index contributed by atoms with van der Waals surface area (Å²) in [5.41, 5.74) is 8.39. The Morgan fingerprint density at radius 2 is 2.00 bits per heavy atom. The van der Waals surface area contributed by atoms with Crippen molar-refractivity contribution < 1.29 is 8.91 Å². The van der Waals surface area contributed by atoms with Crippen LogP contribution in [0.2, 0.25) is 5.02 Å². The van der Waals surface area contributed by atoms with Gasteiger partial charge in [-0.15, -0.1) is 0 Å². The Morgan fingerprint density at radius 1 is 1.19 bits per heavy atom. The van der Waals surface area contributed by atoms with Gasteiger partial charge in [-0.1, -0.05) is 44.8 Å². The second-order valence-electron chi connectivity index (χ2n) is 4.40. The Bertz CT molecular complexity index is 819. The van der Waals surface area contributed by atoms with Gasteiger partial charge in [-0.2, -0.15) is 0 Å². The van der Waals surface area contributed by atoms with Crippen molar-refractivity contribution in [3.8, 4) is 22.4 Å².